The molecule has 0 fully saturated rings. The maximum atomic E-state index is 9.75. The summed E-state index contributed by atoms with van der Waals surface area (Å²) in [5.41, 5.74) is 2.86. The Hall–Kier alpha value is -1.75. The second kappa shape index (κ2) is 5.99. The highest BCUT2D eigenvalue weighted by molar-refractivity contribution is 5.77. The Labute approximate surface area is 69.4 Å². The molecular formula is C7H9N3O2. The van der Waals surface area contributed by atoms with Gasteiger partial charge in [-0.05, 0) is 12.1 Å². The standard InChI is InChI=1S/C7H7N3O.H2O/c11-6-10-9-5-7-3-1-2-4-8-7;/h1-6H,(H,10,11);1H2/b9-5+;. The van der Waals surface area contributed by atoms with Gasteiger partial charge in [0, 0.05) is 6.20 Å². The van der Waals surface area contributed by atoms with Crippen molar-refractivity contribution in [3.05, 3.63) is 30.1 Å². The SMILES string of the molecule is O.O=CN/N=C/c1ccccn1. The Balaban J connectivity index is 0.00000121. The van der Waals surface area contributed by atoms with E-state index in [0.717, 1.165) is 0 Å². The number of hydrazone groups is 1. The van der Waals surface area contributed by atoms with Crippen molar-refractivity contribution < 1.29 is 10.3 Å². The van der Waals surface area contributed by atoms with Crippen LogP contribution in [0.15, 0.2) is 29.5 Å². The van der Waals surface area contributed by atoms with Gasteiger partial charge in [0.15, 0.2) is 0 Å². The van der Waals surface area contributed by atoms with Gasteiger partial charge >= 0.3 is 0 Å². The van der Waals surface area contributed by atoms with Crippen LogP contribution in [-0.4, -0.2) is 23.1 Å². The molecule has 0 saturated heterocycles. The molecule has 1 aromatic rings. The van der Waals surface area contributed by atoms with Crippen LogP contribution in [0.25, 0.3) is 0 Å². The highest BCUT2D eigenvalue weighted by Crippen LogP contribution is 1.86. The van der Waals surface area contributed by atoms with E-state index >= 15 is 0 Å². The largest absolute Gasteiger partial charge is 0.412 e. The monoisotopic (exact) mass is 167 g/mol. The van der Waals surface area contributed by atoms with Crippen molar-refractivity contribution >= 4 is 12.6 Å². The Morgan fingerprint density at radius 3 is 2.92 bits per heavy atom. The van der Waals surface area contributed by atoms with Gasteiger partial charge in [-0.1, -0.05) is 6.07 Å². The van der Waals surface area contributed by atoms with Crippen LogP contribution in [0.3, 0.4) is 0 Å². The molecule has 0 radical (unpaired) electrons. The lowest BCUT2D eigenvalue weighted by molar-refractivity contribution is -0.109. The maximum Gasteiger partial charge on any atom is 0.227 e. The van der Waals surface area contributed by atoms with E-state index in [1.54, 1.807) is 12.3 Å². The molecule has 0 saturated carbocycles. The number of amides is 1. The molecule has 1 heterocycles. The summed E-state index contributed by atoms with van der Waals surface area (Å²) < 4.78 is 0. The van der Waals surface area contributed by atoms with Gasteiger partial charge in [-0.15, -0.1) is 0 Å². The van der Waals surface area contributed by atoms with E-state index in [0.29, 0.717) is 12.1 Å². The van der Waals surface area contributed by atoms with Crippen LogP contribution in [0.1, 0.15) is 5.69 Å². The van der Waals surface area contributed by atoms with Gasteiger partial charge in [0.05, 0.1) is 11.9 Å². The van der Waals surface area contributed by atoms with Gasteiger partial charge < -0.3 is 5.48 Å². The number of pyridine rings is 1. The zero-order chi connectivity index (χ0) is 7.94. The molecule has 5 heteroatoms. The Bertz CT molecular complexity index is 248. The molecular weight excluding hydrogens is 158 g/mol. The summed E-state index contributed by atoms with van der Waals surface area (Å²) in [5.74, 6) is 0. The van der Waals surface area contributed by atoms with Gasteiger partial charge in [-0.25, -0.2) is 5.43 Å². The second-order valence-corrected chi connectivity index (χ2v) is 1.76. The number of hydrogen-bond donors (Lipinski definition) is 1. The summed E-state index contributed by atoms with van der Waals surface area (Å²) in [6.45, 7) is 0. The fourth-order valence-electron chi connectivity index (χ4n) is 0.586. The molecule has 12 heavy (non-hydrogen) atoms. The van der Waals surface area contributed by atoms with E-state index < -0.39 is 0 Å². The zero-order valence-electron chi connectivity index (χ0n) is 6.27. The molecule has 1 amide bonds. The van der Waals surface area contributed by atoms with Crippen LogP contribution in [0, 0.1) is 0 Å². The smallest absolute Gasteiger partial charge is 0.227 e. The van der Waals surface area contributed by atoms with Crippen LogP contribution in [0.5, 0.6) is 0 Å². The third kappa shape index (κ3) is 3.43. The van der Waals surface area contributed by atoms with E-state index in [9.17, 15) is 4.79 Å². The predicted molar refractivity (Wildman–Crippen MR) is 44.6 cm³/mol. The van der Waals surface area contributed by atoms with Crippen molar-refractivity contribution in [1.29, 1.82) is 0 Å². The average Bonchev–Trinajstić information content (AvgIpc) is 2.07. The van der Waals surface area contributed by atoms with Crippen molar-refractivity contribution in [1.82, 2.24) is 10.4 Å². The van der Waals surface area contributed by atoms with Gasteiger partial charge in [0.2, 0.25) is 6.41 Å². The third-order valence-electron chi connectivity index (χ3n) is 1.01. The van der Waals surface area contributed by atoms with E-state index in [4.69, 9.17) is 0 Å². The number of aromatic nitrogens is 1. The predicted octanol–water partition coefficient (Wildman–Crippen LogP) is -0.663. The second-order valence-electron chi connectivity index (χ2n) is 1.76. The van der Waals surface area contributed by atoms with Crippen LogP contribution in [-0.2, 0) is 4.79 Å². The lowest BCUT2D eigenvalue weighted by atomic mass is 10.4. The quantitative estimate of drug-likeness (QED) is 0.368. The Kier molecular flexibility index (Phi) is 5.12. The molecule has 5 nitrogen and oxygen atoms in total. The average molecular weight is 167 g/mol. The Morgan fingerprint density at radius 2 is 2.33 bits per heavy atom. The number of rotatable bonds is 3. The third-order valence-corrected chi connectivity index (χ3v) is 1.01. The summed E-state index contributed by atoms with van der Waals surface area (Å²) >= 11 is 0. The zero-order valence-corrected chi connectivity index (χ0v) is 6.27. The summed E-state index contributed by atoms with van der Waals surface area (Å²) in [4.78, 5) is 13.7. The lowest BCUT2D eigenvalue weighted by Crippen LogP contribution is -2.00. The minimum absolute atomic E-state index is 0. The molecule has 0 aliphatic heterocycles. The molecule has 1 rings (SSSR count). The van der Waals surface area contributed by atoms with E-state index in [2.05, 4.69) is 15.5 Å². The van der Waals surface area contributed by atoms with Crippen molar-refractivity contribution in [3.8, 4) is 0 Å². The fraction of sp³-hybridized carbons (Fsp3) is 0. The first-order valence-electron chi connectivity index (χ1n) is 3.07. The molecule has 0 spiro atoms. The minimum atomic E-state index is 0. The molecule has 3 N–H and O–H groups in total. The van der Waals surface area contributed by atoms with Crippen molar-refractivity contribution in [2.45, 2.75) is 0 Å². The first-order chi connectivity index (χ1) is 5.43. The van der Waals surface area contributed by atoms with Crippen LogP contribution < -0.4 is 5.43 Å². The molecule has 64 valence electrons. The van der Waals surface area contributed by atoms with E-state index in [1.807, 2.05) is 12.1 Å². The highest BCUT2D eigenvalue weighted by Gasteiger charge is 1.82. The van der Waals surface area contributed by atoms with Crippen molar-refractivity contribution in [3.63, 3.8) is 0 Å². The lowest BCUT2D eigenvalue weighted by Gasteiger charge is -1.87. The first kappa shape index (κ1) is 10.2. The molecule has 1 aromatic heterocycles. The molecule has 0 atom stereocenters. The number of carbonyl (C=O) groups is 1. The maximum absolute atomic E-state index is 9.75. The number of hydrogen-bond acceptors (Lipinski definition) is 3. The minimum Gasteiger partial charge on any atom is -0.412 e. The topological polar surface area (TPSA) is 85.9 Å². The molecule has 0 aliphatic rings. The Morgan fingerprint density at radius 1 is 1.50 bits per heavy atom. The molecule has 0 unspecified atom stereocenters. The van der Waals surface area contributed by atoms with Crippen LogP contribution >= 0.6 is 0 Å². The highest BCUT2D eigenvalue weighted by atomic mass is 16.1. The molecule has 0 aromatic carbocycles. The van der Waals surface area contributed by atoms with Crippen molar-refractivity contribution in [2.75, 3.05) is 0 Å². The first-order valence-corrected chi connectivity index (χ1v) is 3.07. The van der Waals surface area contributed by atoms with Gasteiger partial charge in [0.1, 0.15) is 0 Å². The molecule has 0 aliphatic carbocycles. The summed E-state index contributed by atoms with van der Waals surface area (Å²) in [5, 5.41) is 3.55. The summed E-state index contributed by atoms with van der Waals surface area (Å²) in [6.07, 6.45) is 3.62. The van der Waals surface area contributed by atoms with Crippen LogP contribution in [0.2, 0.25) is 0 Å². The van der Waals surface area contributed by atoms with Crippen molar-refractivity contribution in [2.24, 2.45) is 5.10 Å². The van der Waals surface area contributed by atoms with E-state index in [1.165, 1.54) is 6.21 Å². The van der Waals surface area contributed by atoms with Gasteiger partial charge in [0.25, 0.3) is 0 Å². The van der Waals surface area contributed by atoms with E-state index in [-0.39, 0.29) is 5.48 Å². The van der Waals surface area contributed by atoms with Gasteiger partial charge in [-0.3, -0.25) is 9.78 Å². The normalized spacial score (nSPS) is 9.00. The number of nitrogens with one attached hydrogen (secondary N) is 1. The number of carbonyl (C=O) groups excluding carboxylic acids is 1. The summed E-state index contributed by atoms with van der Waals surface area (Å²) in [6, 6.07) is 5.44. The summed E-state index contributed by atoms with van der Waals surface area (Å²) in [7, 11) is 0. The van der Waals surface area contributed by atoms with Gasteiger partial charge in [-0.2, -0.15) is 5.10 Å². The van der Waals surface area contributed by atoms with Crippen LogP contribution in [0.4, 0.5) is 0 Å². The molecule has 0 bridgehead atoms. The fourth-order valence-corrected chi connectivity index (χ4v) is 0.586. The number of nitrogens with zero attached hydrogens (tertiary/aromatic N) is 2.